The maximum absolute atomic E-state index is 13.6. The number of anilines is 1. The molecule has 2 aromatic carbocycles. The lowest BCUT2D eigenvalue weighted by Gasteiger charge is -2.38. The molecule has 2 aliphatic rings. The second-order valence-corrected chi connectivity index (χ2v) is 11.5. The number of likely N-dealkylation sites (tertiary alicyclic amines) is 1. The quantitative estimate of drug-likeness (QED) is 0.325. The lowest BCUT2D eigenvalue weighted by Crippen LogP contribution is -2.46. The number of carbonyl (C=O) groups excluding carboxylic acids is 1. The van der Waals surface area contributed by atoms with Gasteiger partial charge in [0.2, 0.25) is 0 Å². The number of amides is 1. The van der Waals surface area contributed by atoms with Crippen LogP contribution in [-0.4, -0.2) is 50.4 Å². The summed E-state index contributed by atoms with van der Waals surface area (Å²) < 4.78 is 29.1. The van der Waals surface area contributed by atoms with Crippen molar-refractivity contribution in [2.24, 2.45) is 0 Å². The molecule has 204 valence electrons. The number of thiazole rings is 1. The highest BCUT2D eigenvalue weighted by atomic mass is 32.1. The fourth-order valence-electron chi connectivity index (χ4n) is 5.44. The van der Waals surface area contributed by atoms with Crippen LogP contribution in [0.4, 0.5) is 13.9 Å². The van der Waals surface area contributed by atoms with Crippen LogP contribution in [-0.2, 0) is 19.4 Å². The molecular weight excluding hydrogens is 530 g/mol. The zero-order valence-corrected chi connectivity index (χ0v) is 22.6. The van der Waals surface area contributed by atoms with Crippen LogP contribution >= 0.6 is 11.3 Å². The SMILES string of the molecule is N#Cc1ccc(-c2cn(Cc3cccc(C(=O)Nc4nc5c(s4)CC(N4CCC(F)(F)CC4)CC5)c3)cn2)cc1. The van der Waals surface area contributed by atoms with E-state index in [-0.39, 0.29) is 24.8 Å². The van der Waals surface area contributed by atoms with Gasteiger partial charge in [-0.05, 0) is 49.1 Å². The molecule has 40 heavy (non-hydrogen) atoms. The Balaban J connectivity index is 1.08. The molecule has 0 bridgehead atoms. The van der Waals surface area contributed by atoms with Crippen LogP contribution in [0.1, 0.15) is 51.3 Å². The van der Waals surface area contributed by atoms with Crippen molar-refractivity contribution in [3.8, 4) is 17.3 Å². The highest BCUT2D eigenvalue weighted by Gasteiger charge is 2.37. The fraction of sp³-hybridized carbons (Fsp3) is 0.333. The van der Waals surface area contributed by atoms with Gasteiger partial charge >= 0.3 is 0 Å². The van der Waals surface area contributed by atoms with Crippen molar-refractivity contribution >= 4 is 22.4 Å². The van der Waals surface area contributed by atoms with Gasteiger partial charge in [0.15, 0.2) is 5.13 Å². The average Bonchev–Trinajstić information content (AvgIpc) is 3.59. The van der Waals surface area contributed by atoms with Gasteiger partial charge < -0.3 is 4.57 Å². The smallest absolute Gasteiger partial charge is 0.257 e. The highest BCUT2D eigenvalue weighted by molar-refractivity contribution is 7.15. The van der Waals surface area contributed by atoms with Crippen molar-refractivity contribution in [3.63, 3.8) is 0 Å². The summed E-state index contributed by atoms with van der Waals surface area (Å²) in [4.78, 5) is 25.6. The first-order chi connectivity index (χ1) is 19.3. The summed E-state index contributed by atoms with van der Waals surface area (Å²) in [7, 11) is 0. The summed E-state index contributed by atoms with van der Waals surface area (Å²) in [6, 6.07) is 17.1. The van der Waals surface area contributed by atoms with Gasteiger partial charge in [-0.1, -0.05) is 24.3 Å². The number of piperidine rings is 1. The standard InChI is InChI=1S/C30H28F2N6OS/c31-30(32)10-12-38(13-11-30)24-8-9-25-27(15-24)40-29(35-25)36-28(39)23-3-1-2-21(14-23)17-37-18-26(34-19-37)22-6-4-20(16-33)5-7-22/h1-7,14,18-19,24H,8-13,15,17H2,(H,35,36,39). The van der Waals surface area contributed by atoms with Gasteiger partial charge in [-0.15, -0.1) is 11.3 Å². The van der Waals surface area contributed by atoms with Gasteiger partial charge in [-0.3, -0.25) is 15.0 Å². The molecule has 1 saturated heterocycles. The molecule has 0 saturated carbocycles. The van der Waals surface area contributed by atoms with E-state index in [2.05, 4.69) is 26.3 Å². The number of nitrogens with one attached hydrogen (secondary N) is 1. The van der Waals surface area contributed by atoms with Gasteiger partial charge in [0.1, 0.15) is 0 Å². The molecule has 10 heteroatoms. The summed E-state index contributed by atoms with van der Waals surface area (Å²) in [5.41, 5.74) is 4.86. The third kappa shape index (κ3) is 5.81. The van der Waals surface area contributed by atoms with Crippen molar-refractivity contribution in [3.05, 3.63) is 88.3 Å². The van der Waals surface area contributed by atoms with Crippen LogP contribution < -0.4 is 5.32 Å². The average molecular weight is 559 g/mol. The predicted molar refractivity (Wildman–Crippen MR) is 150 cm³/mol. The van der Waals surface area contributed by atoms with Gasteiger partial charge in [0.05, 0.1) is 29.3 Å². The number of hydrogen-bond donors (Lipinski definition) is 1. The maximum atomic E-state index is 13.6. The molecule has 1 aliphatic carbocycles. The Labute approximate surface area is 235 Å². The number of imidazole rings is 1. The number of aromatic nitrogens is 3. The Morgan fingerprint density at radius 2 is 1.98 bits per heavy atom. The van der Waals surface area contributed by atoms with Crippen LogP contribution in [0.25, 0.3) is 11.3 Å². The lowest BCUT2D eigenvalue weighted by molar-refractivity contribution is -0.0638. The first-order valence-electron chi connectivity index (χ1n) is 13.4. The maximum Gasteiger partial charge on any atom is 0.257 e. The molecule has 0 radical (unpaired) electrons. The summed E-state index contributed by atoms with van der Waals surface area (Å²) >= 11 is 1.49. The van der Waals surface area contributed by atoms with Crippen LogP contribution in [0.2, 0.25) is 0 Å². The summed E-state index contributed by atoms with van der Waals surface area (Å²) in [5, 5.41) is 12.5. The topological polar surface area (TPSA) is 86.8 Å². The minimum atomic E-state index is -2.54. The third-order valence-electron chi connectivity index (χ3n) is 7.68. The molecule has 2 aromatic heterocycles. The van der Waals surface area contributed by atoms with Crippen LogP contribution in [0.3, 0.4) is 0 Å². The van der Waals surface area contributed by atoms with Crippen molar-refractivity contribution < 1.29 is 13.6 Å². The molecule has 7 nitrogen and oxygen atoms in total. The van der Waals surface area contributed by atoms with Crippen molar-refractivity contribution in [2.45, 2.75) is 50.6 Å². The first kappa shape index (κ1) is 26.3. The Morgan fingerprint density at radius 3 is 2.75 bits per heavy atom. The van der Waals surface area contributed by atoms with E-state index in [0.717, 1.165) is 46.7 Å². The van der Waals surface area contributed by atoms with E-state index < -0.39 is 5.92 Å². The normalized spacial score (nSPS) is 18.6. The number of fused-ring (bicyclic) bond motifs is 1. The number of benzene rings is 2. The minimum absolute atomic E-state index is 0.0709. The zero-order valence-electron chi connectivity index (χ0n) is 21.8. The highest BCUT2D eigenvalue weighted by Crippen LogP contribution is 2.35. The second-order valence-electron chi connectivity index (χ2n) is 10.5. The van der Waals surface area contributed by atoms with Gasteiger partial charge in [0.25, 0.3) is 11.8 Å². The van der Waals surface area contributed by atoms with Crippen LogP contribution in [0.5, 0.6) is 0 Å². The molecule has 1 atom stereocenters. The molecule has 1 aliphatic heterocycles. The van der Waals surface area contributed by atoms with E-state index in [1.807, 2.05) is 41.1 Å². The van der Waals surface area contributed by atoms with E-state index in [1.165, 1.54) is 11.3 Å². The fourth-order valence-corrected chi connectivity index (χ4v) is 6.52. The van der Waals surface area contributed by atoms with Gasteiger partial charge in [-0.2, -0.15) is 5.26 Å². The van der Waals surface area contributed by atoms with Crippen molar-refractivity contribution in [1.29, 1.82) is 5.26 Å². The molecule has 1 N–H and O–H groups in total. The van der Waals surface area contributed by atoms with E-state index in [4.69, 9.17) is 5.26 Å². The number of alkyl halides is 2. The monoisotopic (exact) mass is 558 g/mol. The number of hydrogen-bond acceptors (Lipinski definition) is 6. The number of rotatable bonds is 6. The number of carbonyl (C=O) groups is 1. The molecule has 1 amide bonds. The first-order valence-corrected chi connectivity index (χ1v) is 14.2. The summed E-state index contributed by atoms with van der Waals surface area (Å²) in [6.07, 6.45) is 6.04. The molecule has 3 heterocycles. The Hall–Kier alpha value is -3.94. The summed E-state index contributed by atoms with van der Waals surface area (Å²) in [6.45, 7) is 1.42. The van der Waals surface area contributed by atoms with Crippen LogP contribution in [0, 0.1) is 11.3 Å². The Bertz CT molecular complexity index is 1560. The van der Waals surface area contributed by atoms with Crippen molar-refractivity contribution in [1.82, 2.24) is 19.4 Å². The van der Waals surface area contributed by atoms with E-state index >= 15 is 0 Å². The Morgan fingerprint density at radius 1 is 1.18 bits per heavy atom. The molecule has 4 aromatic rings. The molecular formula is C30H28F2N6OS. The summed E-state index contributed by atoms with van der Waals surface area (Å²) in [5.74, 6) is -2.75. The largest absolute Gasteiger partial charge is 0.332 e. The van der Waals surface area contributed by atoms with E-state index in [1.54, 1.807) is 24.5 Å². The van der Waals surface area contributed by atoms with E-state index in [9.17, 15) is 13.6 Å². The third-order valence-corrected chi connectivity index (χ3v) is 8.71. The number of halogens is 2. The molecule has 1 fully saturated rings. The lowest BCUT2D eigenvalue weighted by atomic mass is 9.94. The number of aryl methyl sites for hydroxylation is 1. The van der Waals surface area contributed by atoms with Gasteiger partial charge in [-0.25, -0.2) is 18.7 Å². The predicted octanol–water partition coefficient (Wildman–Crippen LogP) is 5.77. The van der Waals surface area contributed by atoms with Crippen molar-refractivity contribution in [2.75, 3.05) is 18.4 Å². The zero-order chi connectivity index (χ0) is 27.7. The molecule has 6 rings (SSSR count). The van der Waals surface area contributed by atoms with Gasteiger partial charge in [0, 0.05) is 60.7 Å². The Kier molecular flexibility index (Phi) is 7.17. The van der Waals surface area contributed by atoms with Crippen LogP contribution in [0.15, 0.2) is 61.1 Å². The molecule has 1 unspecified atom stereocenters. The number of nitrogens with zero attached hydrogens (tertiary/aromatic N) is 5. The second kappa shape index (κ2) is 10.9. The van der Waals surface area contributed by atoms with E-state index in [0.29, 0.717) is 35.9 Å². The number of nitriles is 1. The minimum Gasteiger partial charge on any atom is -0.332 e. The molecule has 0 spiro atoms.